The number of anilines is 2. The minimum Gasteiger partial charge on any atom is -0.445 e. The number of imidazole rings is 1. The summed E-state index contributed by atoms with van der Waals surface area (Å²) >= 11 is 0. The fraction of sp³-hybridized carbons (Fsp3) is 0.513. The molecule has 3 aliphatic heterocycles. The third kappa shape index (κ3) is 10.6. The number of amides is 6. The standard InChI is InChI=1S/C39H51N11O12/c1-19(2)28(46-25(52)12-14-50-26(53)10-11-27(50)54)37(59)44-20(3)35(57)45-22-8-6-21(7-9-22)16-61-39(60)49-13-4-5-23(49)36(58)47-29-24(15-51)62-38(32(56)31(29)55)48-34-30-33(41-17-40-30)42-18-43-34/h6-11,17-20,23-24,26,28-29,31-32,38,51,53,55-56H,4-5,12-16H2,1-3H3,(H,44,59)(H,45,57)(H,46,52)(H,47,58)(H2,40,41,42,43,48)/t20-,23+,24-,26?,28-,29-,31+,32-,38+/m0/s1. The molecule has 62 heavy (non-hydrogen) atoms. The molecular weight excluding hydrogens is 814 g/mol. The van der Waals surface area contributed by atoms with Gasteiger partial charge in [0.25, 0.3) is 0 Å². The Morgan fingerprint density at radius 2 is 1.76 bits per heavy atom. The Balaban J connectivity index is 0.947. The van der Waals surface area contributed by atoms with Crippen molar-refractivity contribution in [2.45, 2.75) is 102 Å². The van der Waals surface area contributed by atoms with Gasteiger partial charge >= 0.3 is 6.09 Å². The lowest BCUT2D eigenvalue weighted by atomic mass is 9.95. The number of ether oxygens (including phenoxy) is 2. The maximum atomic E-state index is 13.5. The minimum absolute atomic E-state index is 0.0448. The summed E-state index contributed by atoms with van der Waals surface area (Å²) in [6.07, 6.45) is -1.61. The van der Waals surface area contributed by atoms with Gasteiger partial charge in [0.1, 0.15) is 61.1 Å². The third-order valence-corrected chi connectivity index (χ3v) is 10.7. The lowest BCUT2D eigenvalue weighted by Gasteiger charge is -2.43. The van der Waals surface area contributed by atoms with Gasteiger partial charge in [-0.15, -0.1) is 0 Å². The van der Waals surface area contributed by atoms with Crippen LogP contribution < -0.4 is 26.6 Å². The summed E-state index contributed by atoms with van der Waals surface area (Å²) in [6, 6.07) is 2.20. The van der Waals surface area contributed by atoms with E-state index in [0.717, 1.165) is 4.90 Å². The first-order valence-electron chi connectivity index (χ1n) is 20.1. The number of nitrogens with zero attached hydrogens (tertiary/aromatic N) is 5. The van der Waals surface area contributed by atoms with Crippen LogP contribution in [0.4, 0.5) is 16.3 Å². The number of likely N-dealkylation sites (tertiary alicyclic amines) is 1. The van der Waals surface area contributed by atoms with Gasteiger partial charge in [-0.05, 0) is 49.5 Å². The summed E-state index contributed by atoms with van der Waals surface area (Å²) in [6.45, 7) is 4.31. The van der Waals surface area contributed by atoms with Gasteiger partial charge in [-0.1, -0.05) is 26.0 Å². The van der Waals surface area contributed by atoms with Crippen molar-refractivity contribution in [1.82, 2.24) is 45.7 Å². The van der Waals surface area contributed by atoms with Crippen LogP contribution in [0.3, 0.4) is 0 Å². The predicted molar refractivity (Wildman–Crippen MR) is 216 cm³/mol. The number of carbonyl (C=O) groups excluding carboxylic acids is 6. The molecule has 2 aromatic heterocycles. The van der Waals surface area contributed by atoms with Gasteiger partial charge in [0.15, 0.2) is 17.7 Å². The molecule has 3 aromatic rings. The highest BCUT2D eigenvalue weighted by Gasteiger charge is 2.47. The van der Waals surface area contributed by atoms with Crippen molar-refractivity contribution in [2.24, 2.45) is 5.92 Å². The Morgan fingerprint density at radius 1 is 1.00 bits per heavy atom. The van der Waals surface area contributed by atoms with Crippen molar-refractivity contribution < 1.29 is 58.7 Å². The molecule has 0 radical (unpaired) electrons. The summed E-state index contributed by atoms with van der Waals surface area (Å²) in [5.41, 5.74) is 1.72. The second-order valence-corrected chi connectivity index (χ2v) is 15.4. The molecule has 2 saturated heterocycles. The summed E-state index contributed by atoms with van der Waals surface area (Å²) < 4.78 is 11.4. The van der Waals surface area contributed by atoms with E-state index in [9.17, 15) is 49.2 Å². The van der Waals surface area contributed by atoms with Gasteiger partial charge in [0.05, 0.1) is 19.0 Å². The molecule has 23 heteroatoms. The van der Waals surface area contributed by atoms with Crippen LogP contribution in [0.2, 0.25) is 0 Å². The number of rotatable bonds is 16. The topological polar surface area (TPSA) is 323 Å². The Kier molecular flexibility index (Phi) is 14.7. The second-order valence-electron chi connectivity index (χ2n) is 15.4. The monoisotopic (exact) mass is 865 g/mol. The SMILES string of the molecule is CC(C)[C@H](NC(=O)CCN1C(=O)C=CC1O)C(=O)N[C@@H](C)C(=O)Nc1ccc(COC(=O)N2CCC[C@@H]2C(=O)N[C@@H]2[C@@H](O)[C@H](O)[C@H](Nc3ncnc4nc[nH]c34)O[C@H]2CO)cc1. The van der Waals surface area contributed by atoms with Crippen LogP contribution in [0.25, 0.3) is 11.2 Å². The number of hydrogen-bond donors (Lipinski definition) is 10. The molecule has 9 atom stereocenters. The molecule has 10 N–H and O–H groups in total. The van der Waals surface area contributed by atoms with Crippen molar-refractivity contribution in [2.75, 3.05) is 30.3 Å². The molecule has 5 heterocycles. The van der Waals surface area contributed by atoms with Crippen LogP contribution in [0.5, 0.6) is 0 Å². The molecule has 23 nitrogen and oxygen atoms in total. The lowest BCUT2D eigenvalue weighted by Crippen LogP contribution is -2.67. The van der Waals surface area contributed by atoms with Crippen LogP contribution in [0.1, 0.15) is 45.6 Å². The fourth-order valence-electron chi connectivity index (χ4n) is 7.22. The van der Waals surface area contributed by atoms with Crippen molar-refractivity contribution >= 4 is 58.3 Å². The Morgan fingerprint density at radius 3 is 2.45 bits per heavy atom. The van der Waals surface area contributed by atoms with Gasteiger partial charge in [0.2, 0.25) is 29.5 Å². The van der Waals surface area contributed by atoms with E-state index in [0.29, 0.717) is 35.3 Å². The summed E-state index contributed by atoms with van der Waals surface area (Å²) in [7, 11) is 0. The Bertz CT molecular complexity index is 2130. The largest absolute Gasteiger partial charge is 0.445 e. The van der Waals surface area contributed by atoms with E-state index < -0.39 is 97.2 Å². The first-order valence-corrected chi connectivity index (χ1v) is 20.1. The van der Waals surface area contributed by atoms with Gasteiger partial charge in [0, 0.05) is 31.3 Å². The number of hydrogen-bond acceptors (Lipinski definition) is 16. The molecule has 0 aliphatic carbocycles. The van der Waals surface area contributed by atoms with Crippen molar-refractivity contribution in [3.63, 3.8) is 0 Å². The van der Waals surface area contributed by atoms with Gasteiger partial charge in [-0.3, -0.25) is 28.9 Å². The van der Waals surface area contributed by atoms with Crippen LogP contribution in [0.15, 0.2) is 49.1 Å². The molecule has 6 rings (SSSR count). The highest BCUT2D eigenvalue weighted by Crippen LogP contribution is 2.26. The van der Waals surface area contributed by atoms with E-state index in [1.165, 1.54) is 36.6 Å². The van der Waals surface area contributed by atoms with E-state index in [4.69, 9.17) is 9.47 Å². The average Bonchev–Trinajstić information content (AvgIpc) is 4.02. The van der Waals surface area contributed by atoms with Gasteiger partial charge in [-0.2, -0.15) is 0 Å². The summed E-state index contributed by atoms with van der Waals surface area (Å²) in [4.78, 5) is 94.6. The molecule has 1 unspecified atom stereocenters. The molecular formula is C39H51N11O12. The minimum atomic E-state index is -1.59. The highest BCUT2D eigenvalue weighted by atomic mass is 16.6. The van der Waals surface area contributed by atoms with Crippen LogP contribution in [-0.2, 0) is 40.1 Å². The third-order valence-electron chi connectivity index (χ3n) is 10.7. The highest BCUT2D eigenvalue weighted by molar-refractivity contribution is 5.98. The van der Waals surface area contributed by atoms with E-state index in [-0.39, 0.29) is 37.9 Å². The Labute approximate surface area is 354 Å². The Hall–Kier alpha value is -6.27. The quantitative estimate of drug-likeness (QED) is 0.0758. The maximum absolute atomic E-state index is 13.5. The zero-order valence-electron chi connectivity index (χ0n) is 34.1. The van der Waals surface area contributed by atoms with E-state index in [2.05, 4.69) is 46.5 Å². The second kappa shape index (κ2) is 20.1. The number of H-pyrrole nitrogens is 1. The fourth-order valence-corrected chi connectivity index (χ4v) is 7.22. The van der Waals surface area contributed by atoms with Gasteiger partial charge in [-0.25, -0.2) is 19.7 Å². The molecule has 0 saturated carbocycles. The number of aromatic amines is 1. The van der Waals surface area contributed by atoms with E-state index in [1.54, 1.807) is 38.1 Å². The smallest absolute Gasteiger partial charge is 0.410 e. The lowest BCUT2D eigenvalue weighted by molar-refractivity contribution is -0.185. The number of benzene rings is 1. The zero-order valence-corrected chi connectivity index (χ0v) is 34.1. The molecule has 1 aromatic carbocycles. The number of fused-ring (bicyclic) bond motifs is 1. The van der Waals surface area contributed by atoms with E-state index in [1.807, 2.05) is 0 Å². The number of aliphatic hydroxyl groups is 4. The van der Waals surface area contributed by atoms with Crippen molar-refractivity contribution in [3.05, 3.63) is 54.6 Å². The number of nitrogens with one attached hydrogen (secondary N) is 6. The summed E-state index contributed by atoms with van der Waals surface area (Å²) in [5.74, 6) is -2.81. The molecule has 6 amide bonds. The number of aromatic nitrogens is 4. The molecule has 334 valence electrons. The summed E-state index contributed by atoms with van der Waals surface area (Å²) in [5, 5.41) is 55.4. The van der Waals surface area contributed by atoms with E-state index >= 15 is 0 Å². The zero-order chi connectivity index (χ0) is 44.7. The number of carbonyl (C=O) groups is 6. The first-order chi connectivity index (χ1) is 29.6. The molecule has 0 spiro atoms. The normalized spacial score (nSPS) is 24.5. The van der Waals surface area contributed by atoms with Crippen LogP contribution in [-0.4, -0.2) is 160 Å². The molecule has 3 aliphatic rings. The van der Waals surface area contributed by atoms with Crippen molar-refractivity contribution in [3.8, 4) is 0 Å². The first kappa shape index (κ1) is 45.3. The average molecular weight is 866 g/mol. The molecule has 2 fully saturated rings. The van der Waals surface area contributed by atoms with Crippen molar-refractivity contribution in [1.29, 1.82) is 0 Å². The van der Waals surface area contributed by atoms with Crippen LogP contribution >= 0.6 is 0 Å². The number of aliphatic hydroxyl groups excluding tert-OH is 4. The maximum Gasteiger partial charge on any atom is 0.410 e. The van der Waals surface area contributed by atoms with Gasteiger partial charge < -0.3 is 66.4 Å². The predicted octanol–water partition coefficient (Wildman–Crippen LogP) is -1.82. The molecule has 0 bridgehead atoms. The van der Waals surface area contributed by atoms with Crippen LogP contribution in [0, 0.1) is 5.92 Å².